The van der Waals surface area contributed by atoms with Gasteiger partial charge in [-0.15, -0.1) is 11.8 Å². The zero-order chi connectivity index (χ0) is 13.9. The fourth-order valence-electron chi connectivity index (χ4n) is 2.04. The van der Waals surface area contributed by atoms with E-state index in [9.17, 15) is 0 Å². The molecular formula is C16H27NOS. The zero-order valence-corrected chi connectivity index (χ0v) is 13.1. The highest BCUT2D eigenvalue weighted by molar-refractivity contribution is 7.99. The van der Waals surface area contributed by atoms with E-state index in [1.807, 2.05) is 23.9 Å². The number of thioether (sulfide) groups is 1. The van der Waals surface area contributed by atoms with Crippen LogP contribution >= 0.6 is 11.8 Å². The minimum Gasteiger partial charge on any atom is -0.496 e. The maximum absolute atomic E-state index is 5.75. The second kappa shape index (κ2) is 10.0. The third kappa shape index (κ3) is 6.76. The predicted octanol–water partition coefficient (Wildman–Crippen LogP) is 5.12. The Morgan fingerprint density at radius 3 is 2.42 bits per heavy atom. The molecule has 0 spiro atoms. The molecule has 0 unspecified atom stereocenters. The van der Waals surface area contributed by atoms with Crippen molar-refractivity contribution in [1.82, 2.24) is 0 Å². The molecule has 108 valence electrons. The monoisotopic (exact) mass is 281 g/mol. The second-order valence-corrected chi connectivity index (χ2v) is 6.02. The molecule has 0 aliphatic carbocycles. The average Bonchev–Trinajstić information content (AvgIpc) is 2.43. The summed E-state index contributed by atoms with van der Waals surface area (Å²) < 4.78 is 5.35. The Morgan fingerprint density at radius 1 is 1.05 bits per heavy atom. The van der Waals surface area contributed by atoms with Crippen LogP contribution in [-0.4, -0.2) is 12.9 Å². The number of methoxy groups -OCH3 is 1. The minimum atomic E-state index is 0.761. The average molecular weight is 281 g/mol. The fraction of sp³-hybridized carbons (Fsp3) is 0.625. The van der Waals surface area contributed by atoms with Gasteiger partial charge in [0.25, 0.3) is 0 Å². The molecule has 0 atom stereocenters. The van der Waals surface area contributed by atoms with E-state index in [1.54, 1.807) is 7.11 Å². The molecule has 0 saturated carbocycles. The third-order valence-electron chi connectivity index (χ3n) is 3.19. The van der Waals surface area contributed by atoms with Crippen LogP contribution in [0.3, 0.4) is 0 Å². The van der Waals surface area contributed by atoms with Gasteiger partial charge in [0.2, 0.25) is 0 Å². The largest absolute Gasteiger partial charge is 0.496 e. The van der Waals surface area contributed by atoms with Crippen LogP contribution in [0, 0.1) is 0 Å². The Hall–Kier alpha value is -0.830. The lowest BCUT2D eigenvalue weighted by Gasteiger charge is -2.08. The number of nitrogens with two attached hydrogens (primary N) is 1. The molecule has 3 heteroatoms. The molecule has 0 heterocycles. The molecule has 2 N–H and O–H groups in total. The SMILES string of the molecule is CCCCCCCCCSc1ccc(N)cc1OC. The number of unbranched alkanes of at least 4 members (excludes halogenated alkanes) is 6. The van der Waals surface area contributed by atoms with Gasteiger partial charge in [-0.1, -0.05) is 45.4 Å². The number of rotatable bonds is 10. The summed E-state index contributed by atoms with van der Waals surface area (Å²) in [7, 11) is 1.70. The zero-order valence-electron chi connectivity index (χ0n) is 12.3. The summed E-state index contributed by atoms with van der Waals surface area (Å²) in [6.45, 7) is 2.26. The van der Waals surface area contributed by atoms with Gasteiger partial charge < -0.3 is 10.5 Å². The van der Waals surface area contributed by atoms with Gasteiger partial charge in [-0.25, -0.2) is 0 Å². The summed E-state index contributed by atoms with van der Waals surface area (Å²) in [6, 6.07) is 5.89. The molecule has 0 fully saturated rings. The van der Waals surface area contributed by atoms with Crippen molar-refractivity contribution in [2.45, 2.75) is 56.8 Å². The molecule has 0 bridgehead atoms. The first-order valence-electron chi connectivity index (χ1n) is 7.34. The van der Waals surface area contributed by atoms with E-state index >= 15 is 0 Å². The molecule has 1 rings (SSSR count). The van der Waals surface area contributed by atoms with Crippen molar-refractivity contribution in [3.05, 3.63) is 18.2 Å². The van der Waals surface area contributed by atoms with Gasteiger partial charge in [0.1, 0.15) is 5.75 Å². The molecule has 0 aromatic heterocycles. The molecule has 0 aliphatic rings. The lowest BCUT2D eigenvalue weighted by atomic mass is 10.1. The fourth-order valence-corrected chi connectivity index (χ4v) is 3.06. The highest BCUT2D eigenvalue weighted by Gasteiger charge is 2.03. The first-order valence-corrected chi connectivity index (χ1v) is 8.32. The van der Waals surface area contributed by atoms with Crippen molar-refractivity contribution in [3.63, 3.8) is 0 Å². The number of benzene rings is 1. The van der Waals surface area contributed by atoms with Crippen LogP contribution in [0.15, 0.2) is 23.1 Å². The molecule has 0 saturated heterocycles. The van der Waals surface area contributed by atoms with Crippen molar-refractivity contribution in [1.29, 1.82) is 0 Å². The number of anilines is 1. The topological polar surface area (TPSA) is 35.2 Å². The van der Waals surface area contributed by atoms with E-state index in [-0.39, 0.29) is 0 Å². The van der Waals surface area contributed by atoms with Gasteiger partial charge in [0.15, 0.2) is 0 Å². The Kier molecular flexibility index (Phi) is 8.55. The van der Waals surface area contributed by atoms with Crippen LogP contribution in [0.1, 0.15) is 51.9 Å². The summed E-state index contributed by atoms with van der Waals surface area (Å²) in [5, 5.41) is 0. The first-order chi connectivity index (χ1) is 9.27. The molecule has 0 aliphatic heterocycles. The maximum atomic E-state index is 5.75. The van der Waals surface area contributed by atoms with Crippen molar-refractivity contribution < 1.29 is 4.74 Å². The van der Waals surface area contributed by atoms with E-state index in [0.717, 1.165) is 17.2 Å². The van der Waals surface area contributed by atoms with E-state index in [2.05, 4.69) is 13.0 Å². The molecule has 2 nitrogen and oxygen atoms in total. The van der Waals surface area contributed by atoms with Crippen LogP contribution < -0.4 is 10.5 Å². The van der Waals surface area contributed by atoms with Crippen LogP contribution in [0.2, 0.25) is 0 Å². The second-order valence-electron chi connectivity index (χ2n) is 4.88. The van der Waals surface area contributed by atoms with Gasteiger partial charge in [-0.3, -0.25) is 0 Å². The summed E-state index contributed by atoms with van der Waals surface area (Å²) >= 11 is 1.87. The Morgan fingerprint density at radius 2 is 1.74 bits per heavy atom. The highest BCUT2D eigenvalue weighted by atomic mass is 32.2. The quantitative estimate of drug-likeness (QED) is 0.367. The van der Waals surface area contributed by atoms with Crippen molar-refractivity contribution in [2.24, 2.45) is 0 Å². The predicted molar refractivity (Wildman–Crippen MR) is 86.1 cm³/mol. The molecular weight excluding hydrogens is 254 g/mol. The molecule has 0 amide bonds. The van der Waals surface area contributed by atoms with Gasteiger partial charge in [-0.2, -0.15) is 0 Å². The number of hydrogen-bond acceptors (Lipinski definition) is 3. The Balaban J connectivity index is 2.15. The molecule has 1 aromatic rings. The highest BCUT2D eigenvalue weighted by Crippen LogP contribution is 2.31. The van der Waals surface area contributed by atoms with E-state index < -0.39 is 0 Å². The molecule has 0 radical (unpaired) electrons. The summed E-state index contributed by atoms with van der Waals surface area (Å²) in [6.07, 6.45) is 9.50. The van der Waals surface area contributed by atoms with Crippen molar-refractivity contribution in [3.8, 4) is 5.75 Å². The molecule has 19 heavy (non-hydrogen) atoms. The van der Waals surface area contributed by atoms with Gasteiger partial charge in [0, 0.05) is 16.6 Å². The van der Waals surface area contributed by atoms with Crippen LogP contribution in [0.25, 0.3) is 0 Å². The van der Waals surface area contributed by atoms with E-state index in [0.29, 0.717) is 0 Å². The number of nitrogen functional groups attached to an aromatic ring is 1. The summed E-state index contributed by atoms with van der Waals surface area (Å²) in [4.78, 5) is 1.20. The van der Waals surface area contributed by atoms with Crippen molar-refractivity contribution >= 4 is 17.4 Å². The minimum absolute atomic E-state index is 0.761. The van der Waals surface area contributed by atoms with Gasteiger partial charge in [-0.05, 0) is 24.3 Å². The standard InChI is InChI=1S/C16H27NOS/c1-3-4-5-6-7-8-9-12-19-16-11-10-14(17)13-15(16)18-2/h10-11,13H,3-9,12,17H2,1-2H3. The maximum Gasteiger partial charge on any atom is 0.134 e. The van der Waals surface area contributed by atoms with Gasteiger partial charge >= 0.3 is 0 Å². The smallest absolute Gasteiger partial charge is 0.134 e. The number of ether oxygens (including phenoxy) is 1. The Bertz CT molecular complexity index is 355. The normalized spacial score (nSPS) is 10.6. The third-order valence-corrected chi connectivity index (χ3v) is 4.33. The lowest BCUT2D eigenvalue weighted by Crippen LogP contribution is -1.91. The summed E-state index contributed by atoms with van der Waals surface area (Å²) in [5.74, 6) is 2.06. The van der Waals surface area contributed by atoms with E-state index in [4.69, 9.17) is 10.5 Å². The van der Waals surface area contributed by atoms with Crippen LogP contribution in [-0.2, 0) is 0 Å². The Labute approximate surface area is 122 Å². The van der Waals surface area contributed by atoms with E-state index in [1.165, 1.54) is 49.8 Å². The lowest BCUT2D eigenvalue weighted by molar-refractivity contribution is 0.405. The summed E-state index contributed by atoms with van der Waals surface area (Å²) in [5.41, 5.74) is 6.51. The van der Waals surface area contributed by atoms with Crippen LogP contribution in [0.4, 0.5) is 5.69 Å². The van der Waals surface area contributed by atoms with Crippen molar-refractivity contribution in [2.75, 3.05) is 18.6 Å². The molecule has 1 aromatic carbocycles. The first kappa shape index (κ1) is 16.2. The van der Waals surface area contributed by atoms with Crippen LogP contribution in [0.5, 0.6) is 5.75 Å². The van der Waals surface area contributed by atoms with Gasteiger partial charge in [0.05, 0.1) is 7.11 Å². The number of hydrogen-bond donors (Lipinski definition) is 1.